The topological polar surface area (TPSA) is 41.3 Å². The summed E-state index contributed by atoms with van der Waals surface area (Å²) in [6, 6.07) is 0.624. The Kier molecular flexibility index (Phi) is 5.42. The predicted octanol–water partition coefficient (Wildman–Crippen LogP) is 2.48. The van der Waals surface area contributed by atoms with Crippen molar-refractivity contribution in [1.82, 2.24) is 14.7 Å². The van der Waals surface area contributed by atoms with E-state index in [1.807, 2.05) is 11.7 Å². The third-order valence-corrected chi connectivity index (χ3v) is 4.97. The zero-order valence-electron chi connectivity index (χ0n) is 11.9. The summed E-state index contributed by atoms with van der Waals surface area (Å²) in [5, 5.41) is 13.5. The van der Waals surface area contributed by atoms with E-state index in [-0.39, 0.29) is 0 Å². The Labute approximate surface area is 123 Å². The van der Waals surface area contributed by atoms with Crippen LogP contribution >= 0.6 is 15.9 Å². The van der Waals surface area contributed by atoms with Gasteiger partial charge in [0.1, 0.15) is 0 Å². The third kappa shape index (κ3) is 3.38. The molecule has 1 N–H and O–H groups in total. The average molecular weight is 330 g/mol. The number of rotatable bonds is 6. The zero-order chi connectivity index (χ0) is 13.8. The highest BCUT2D eigenvalue weighted by Crippen LogP contribution is 2.28. The van der Waals surface area contributed by atoms with Crippen LogP contribution in [0.25, 0.3) is 0 Å². The van der Waals surface area contributed by atoms with Crippen molar-refractivity contribution in [2.45, 2.75) is 51.6 Å². The van der Waals surface area contributed by atoms with Gasteiger partial charge in [-0.1, -0.05) is 6.92 Å². The minimum atomic E-state index is 0.305. The molecule has 2 heterocycles. The molecule has 4 nitrogen and oxygen atoms in total. The number of aliphatic hydroxyl groups is 1. The molecule has 1 aliphatic heterocycles. The summed E-state index contributed by atoms with van der Waals surface area (Å²) >= 11 is 3.69. The van der Waals surface area contributed by atoms with Gasteiger partial charge in [-0.05, 0) is 54.6 Å². The molecule has 0 amide bonds. The lowest BCUT2D eigenvalue weighted by Gasteiger charge is -2.24. The second-order valence-electron chi connectivity index (χ2n) is 5.32. The molecule has 0 radical (unpaired) electrons. The Morgan fingerprint density at radius 2 is 2.26 bits per heavy atom. The minimum Gasteiger partial charge on any atom is -0.396 e. The molecule has 0 aliphatic carbocycles. The highest BCUT2D eigenvalue weighted by Gasteiger charge is 2.26. The number of hydrogen-bond acceptors (Lipinski definition) is 3. The van der Waals surface area contributed by atoms with E-state index in [2.05, 4.69) is 32.9 Å². The standard InChI is InChI=1S/C14H24BrN3O/c1-3-12-14(15)13(17(2)16-12)10-18-8-4-6-11(18)7-5-9-19/h11,19H,3-10H2,1-2H3. The van der Waals surface area contributed by atoms with Crippen molar-refractivity contribution in [3.8, 4) is 0 Å². The highest BCUT2D eigenvalue weighted by atomic mass is 79.9. The van der Waals surface area contributed by atoms with Crippen LogP contribution in [0, 0.1) is 0 Å². The summed E-state index contributed by atoms with van der Waals surface area (Å²) in [6.45, 7) is 4.56. The molecule has 1 aromatic rings. The van der Waals surface area contributed by atoms with Gasteiger partial charge in [0.2, 0.25) is 0 Å². The molecule has 1 fully saturated rings. The number of halogens is 1. The first-order chi connectivity index (χ1) is 9.17. The first-order valence-electron chi connectivity index (χ1n) is 7.22. The van der Waals surface area contributed by atoms with Gasteiger partial charge in [-0.2, -0.15) is 5.10 Å². The number of likely N-dealkylation sites (tertiary alicyclic amines) is 1. The van der Waals surface area contributed by atoms with Crippen LogP contribution in [0.5, 0.6) is 0 Å². The molecule has 1 aliphatic rings. The summed E-state index contributed by atoms with van der Waals surface area (Å²) in [5.74, 6) is 0. The summed E-state index contributed by atoms with van der Waals surface area (Å²) in [4.78, 5) is 2.54. The van der Waals surface area contributed by atoms with E-state index < -0.39 is 0 Å². The molecule has 1 saturated heterocycles. The lowest BCUT2D eigenvalue weighted by atomic mass is 10.1. The van der Waals surface area contributed by atoms with Crippen molar-refractivity contribution in [1.29, 1.82) is 0 Å². The first-order valence-corrected chi connectivity index (χ1v) is 8.01. The summed E-state index contributed by atoms with van der Waals surface area (Å²) in [7, 11) is 2.03. The van der Waals surface area contributed by atoms with Crippen LogP contribution in [-0.4, -0.2) is 39.0 Å². The van der Waals surface area contributed by atoms with Crippen molar-refractivity contribution in [3.05, 3.63) is 15.9 Å². The maximum absolute atomic E-state index is 8.99. The maximum atomic E-state index is 8.99. The fraction of sp³-hybridized carbons (Fsp3) is 0.786. The molecule has 5 heteroatoms. The Morgan fingerprint density at radius 3 is 2.89 bits per heavy atom. The zero-order valence-corrected chi connectivity index (χ0v) is 13.5. The molecule has 1 aromatic heterocycles. The number of hydrogen-bond donors (Lipinski definition) is 1. The first kappa shape index (κ1) is 15.0. The molecule has 19 heavy (non-hydrogen) atoms. The Hall–Kier alpha value is -0.390. The van der Waals surface area contributed by atoms with Crippen LogP contribution in [0.15, 0.2) is 4.47 Å². The molecule has 1 atom stereocenters. The molecule has 2 rings (SSSR count). The normalized spacial score (nSPS) is 20.3. The van der Waals surface area contributed by atoms with Crippen LogP contribution in [0.2, 0.25) is 0 Å². The molecule has 0 saturated carbocycles. The fourth-order valence-electron chi connectivity index (χ4n) is 2.94. The van der Waals surface area contributed by atoms with Crippen LogP contribution in [-0.2, 0) is 20.0 Å². The van der Waals surface area contributed by atoms with E-state index in [9.17, 15) is 0 Å². The second kappa shape index (κ2) is 6.86. The monoisotopic (exact) mass is 329 g/mol. The van der Waals surface area contributed by atoms with Crippen LogP contribution in [0.3, 0.4) is 0 Å². The van der Waals surface area contributed by atoms with E-state index in [1.54, 1.807) is 0 Å². The number of aromatic nitrogens is 2. The van der Waals surface area contributed by atoms with Crippen molar-refractivity contribution < 1.29 is 5.11 Å². The van der Waals surface area contributed by atoms with Crippen molar-refractivity contribution in [2.24, 2.45) is 7.05 Å². The van der Waals surface area contributed by atoms with Crippen molar-refractivity contribution in [3.63, 3.8) is 0 Å². The quantitative estimate of drug-likeness (QED) is 0.871. The Morgan fingerprint density at radius 1 is 1.47 bits per heavy atom. The number of nitrogens with zero attached hydrogens (tertiary/aromatic N) is 3. The number of aliphatic hydroxyl groups excluding tert-OH is 1. The SMILES string of the molecule is CCc1nn(C)c(CN2CCCC2CCCO)c1Br. The van der Waals surface area contributed by atoms with E-state index in [0.29, 0.717) is 12.6 Å². The fourth-order valence-corrected chi connectivity index (χ4v) is 3.68. The summed E-state index contributed by atoms with van der Waals surface area (Å²) < 4.78 is 3.18. The van der Waals surface area contributed by atoms with Crippen molar-refractivity contribution in [2.75, 3.05) is 13.2 Å². The van der Waals surface area contributed by atoms with E-state index >= 15 is 0 Å². The van der Waals surface area contributed by atoms with Gasteiger partial charge in [-0.25, -0.2) is 0 Å². The third-order valence-electron chi connectivity index (χ3n) is 4.05. The largest absolute Gasteiger partial charge is 0.396 e. The molecular formula is C14H24BrN3O. The lowest BCUT2D eigenvalue weighted by molar-refractivity contribution is 0.206. The average Bonchev–Trinajstić information content (AvgIpc) is 2.95. The van der Waals surface area contributed by atoms with Gasteiger partial charge in [0.25, 0.3) is 0 Å². The van der Waals surface area contributed by atoms with Crippen LogP contribution in [0.1, 0.15) is 44.0 Å². The van der Waals surface area contributed by atoms with Gasteiger partial charge in [0.15, 0.2) is 0 Å². The second-order valence-corrected chi connectivity index (χ2v) is 6.11. The van der Waals surface area contributed by atoms with Gasteiger partial charge < -0.3 is 5.11 Å². The van der Waals surface area contributed by atoms with Crippen LogP contribution in [0.4, 0.5) is 0 Å². The van der Waals surface area contributed by atoms with Crippen LogP contribution < -0.4 is 0 Å². The van der Waals surface area contributed by atoms with Gasteiger partial charge in [-0.3, -0.25) is 9.58 Å². The Bertz CT molecular complexity index is 419. The van der Waals surface area contributed by atoms with E-state index in [1.165, 1.54) is 23.0 Å². The van der Waals surface area contributed by atoms with Gasteiger partial charge in [0.05, 0.1) is 15.9 Å². The number of aryl methyl sites for hydroxylation is 2. The molecule has 0 spiro atoms. The van der Waals surface area contributed by atoms with E-state index in [4.69, 9.17) is 5.11 Å². The lowest BCUT2D eigenvalue weighted by Crippen LogP contribution is -2.30. The van der Waals surface area contributed by atoms with Gasteiger partial charge in [-0.15, -0.1) is 0 Å². The molecule has 0 aromatic carbocycles. The maximum Gasteiger partial charge on any atom is 0.0767 e. The van der Waals surface area contributed by atoms with Gasteiger partial charge in [0, 0.05) is 26.2 Å². The van der Waals surface area contributed by atoms with Crippen molar-refractivity contribution >= 4 is 15.9 Å². The molecular weight excluding hydrogens is 306 g/mol. The van der Waals surface area contributed by atoms with Gasteiger partial charge >= 0.3 is 0 Å². The summed E-state index contributed by atoms with van der Waals surface area (Å²) in [5.41, 5.74) is 2.41. The predicted molar refractivity (Wildman–Crippen MR) is 80.0 cm³/mol. The van der Waals surface area contributed by atoms with E-state index in [0.717, 1.165) is 38.0 Å². The highest BCUT2D eigenvalue weighted by molar-refractivity contribution is 9.10. The molecule has 1 unspecified atom stereocenters. The Balaban J connectivity index is 2.05. The molecule has 108 valence electrons. The smallest absolute Gasteiger partial charge is 0.0767 e. The summed E-state index contributed by atoms with van der Waals surface area (Å²) in [6.07, 6.45) is 5.51. The molecule has 0 bridgehead atoms. The minimum absolute atomic E-state index is 0.305.